The monoisotopic (exact) mass is 435 g/mol. The summed E-state index contributed by atoms with van der Waals surface area (Å²) < 4.78 is 5.52. The van der Waals surface area contributed by atoms with Crippen molar-refractivity contribution in [3.05, 3.63) is 52.3 Å². The Morgan fingerprint density at radius 3 is 2.77 bits per heavy atom. The standard InChI is InChI=1S/C23H25N5O2S/c1-23(2,3)18-12-19(28-27-18)26-22(29)21-16(9-11-31-21)25-13-14-8-10-24-15-6-5-7-17(30-4)20(14)15/h5-11,25H,12-13H2,1-4H3,(H,26,28,29). The molecule has 31 heavy (non-hydrogen) atoms. The molecule has 0 unspecified atom stereocenters. The van der Waals surface area contributed by atoms with Gasteiger partial charge in [0.25, 0.3) is 5.91 Å². The number of aromatic nitrogens is 1. The van der Waals surface area contributed by atoms with Crippen LogP contribution in [0.3, 0.4) is 0 Å². The summed E-state index contributed by atoms with van der Waals surface area (Å²) >= 11 is 1.39. The van der Waals surface area contributed by atoms with Crippen LogP contribution in [0.5, 0.6) is 5.75 Å². The first-order valence-corrected chi connectivity index (χ1v) is 10.9. The fourth-order valence-corrected chi connectivity index (χ4v) is 4.16. The summed E-state index contributed by atoms with van der Waals surface area (Å²) in [6, 6.07) is 9.68. The summed E-state index contributed by atoms with van der Waals surface area (Å²) in [7, 11) is 1.65. The molecule has 0 fully saturated rings. The summed E-state index contributed by atoms with van der Waals surface area (Å²) in [5.41, 5.74) is 3.59. The smallest absolute Gasteiger partial charge is 0.268 e. The van der Waals surface area contributed by atoms with Gasteiger partial charge in [-0.3, -0.25) is 9.78 Å². The number of benzene rings is 1. The van der Waals surface area contributed by atoms with Crippen molar-refractivity contribution in [3.63, 3.8) is 0 Å². The Balaban J connectivity index is 1.47. The minimum atomic E-state index is -0.182. The van der Waals surface area contributed by atoms with Crippen LogP contribution in [0.4, 0.5) is 5.69 Å². The molecule has 2 aromatic heterocycles. The lowest BCUT2D eigenvalue weighted by Crippen LogP contribution is -2.32. The Kier molecular flexibility index (Phi) is 5.73. The molecule has 3 heterocycles. The Morgan fingerprint density at radius 1 is 1.19 bits per heavy atom. The maximum absolute atomic E-state index is 12.9. The topological polar surface area (TPSA) is 88.0 Å². The number of hydrogen-bond acceptors (Lipinski definition) is 7. The SMILES string of the molecule is COc1cccc2nccc(CNc3ccsc3C(=O)NC3=NN=C(C(C)(C)C)C3)c12. The van der Waals surface area contributed by atoms with E-state index in [9.17, 15) is 4.79 Å². The zero-order chi connectivity index (χ0) is 22.0. The Hall–Kier alpha value is -3.26. The van der Waals surface area contributed by atoms with Gasteiger partial charge >= 0.3 is 0 Å². The number of fused-ring (bicyclic) bond motifs is 1. The van der Waals surface area contributed by atoms with Crippen LogP contribution in [0, 0.1) is 5.41 Å². The van der Waals surface area contributed by atoms with E-state index < -0.39 is 0 Å². The van der Waals surface area contributed by atoms with Gasteiger partial charge in [-0.25, -0.2) is 0 Å². The van der Waals surface area contributed by atoms with Gasteiger partial charge in [0.05, 0.1) is 24.0 Å². The Labute approximate surface area is 185 Å². The number of ether oxygens (including phenoxy) is 1. The first-order valence-electron chi connectivity index (χ1n) is 10.0. The Bertz CT molecular complexity index is 1180. The van der Waals surface area contributed by atoms with Crippen LogP contribution in [0.25, 0.3) is 10.9 Å². The Morgan fingerprint density at radius 2 is 2.03 bits per heavy atom. The molecule has 160 valence electrons. The number of amides is 1. The number of pyridine rings is 1. The second-order valence-corrected chi connectivity index (χ2v) is 9.23. The summed E-state index contributed by atoms with van der Waals surface area (Å²) in [5, 5.41) is 17.5. The summed E-state index contributed by atoms with van der Waals surface area (Å²) in [6.45, 7) is 6.80. The highest BCUT2D eigenvalue weighted by molar-refractivity contribution is 7.12. The molecule has 0 saturated heterocycles. The molecule has 3 aromatic rings. The van der Waals surface area contributed by atoms with E-state index in [0.29, 0.717) is 23.7 Å². The lowest BCUT2D eigenvalue weighted by atomic mass is 9.88. The van der Waals surface area contributed by atoms with E-state index in [0.717, 1.165) is 33.6 Å². The number of carbonyl (C=O) groups excluding carboxylic acids is 1. The second kappa shape index (κ2) is 8.47. The maximum Gasteiger partial charge on any atom is 0.268 e. The van der Waals surface area contributed by atoms with Crippen molar-refractivity contribution in [2.24, 2.45) is 15.6 Å². The third-order valence-corrected chi connectivity index (χ3v) is 6.04. The first kappa shape index (κ1) is 21.0. The fraction of sp³-hybridized carbons (Fsp3) is 0.304. The first-order chi connectivity index (χ1) is 14.9. The minimum Gasteiger partial charge on any atom is -0.496 e. The summed E-state index contributed by atoms with van der Waals surface area (Å²) in [5.74, 6) is 1.18. The zero-order valence-corrected chi connectivity index (χ0v) is 18.8. The highest BCUT2D eigenvalue weighted by Gasteiger charge is 2.26. The van der Waals surface area contributed by atoms with E-state index in [1.165, 1.54) is 11.3 Å². The van der Waals surface area contributed by atoms with Crippen LogP contribution < -0.4 is 15.4 Å². The van der Waals surface area contributed by atoms with E-state index in [2.05, 4.69) is 46.6 Å². The molecule has 0 aliphatic carbocycles. The molecule has 0 bridgehead atoms. The lowest BCUT2D eigenvalue weighted by Gasteiger charge is -2.17. The zero-order valence-electron chi connectivity index (χ0n) is 18.0. The van der Waals surface area contributed by atoms with Gasteiger partial charge in [-0.1, -0.05) is 26.8 Å². The molecule has 8 heteroatoms. The summed E-state index contributed by atoms with van der Waals surface area (Å²) in [4.78, 5) is 17.9. The minimum absolute atomic E-state index is 0.0694. The number of anilines is 1. The van der Waals surface area contributed by atoms with E-state index >= 15 is 0 Å². The van der Waals surface area contributed by atoms with Crippen LogP contribution >= 0.6 is 11.3 Å². The highest BCUT2D eigenvalue weighted by Crippen LogP contribution is 2.29. The molecule has 1 amide bonds. The molecular formula is C23H25N5O2S. The average molecular weight is 436 g/mol. The van der Waals surface area contributed by atoms with Crippen molar-refractivity contribution in [1.82, 2.24) is 10.3 Å². The molecule has 1 aromatic carbocycles. The predicted octanol–water partition coefficient (Wildman–Crippen LogP) is 4.85. The highest BCUT2D eigenvalue weighted by atomic mass is 32.1. The third-order valence-electron chi connectivity index (χ3n) is 5.13. The van der Waals surface area contributed by atoms with E-state index in [1.807, 2.05) is 35.7 Å². The largest absolute Gasteiger partial charge is 0.496 e. The molecule has 7 nitrogen and oxygen atoms in total. The number of rotatable bonds is 5. The summed E-state index contributed by atoms with van der Waals surface area (Å²) in [6.07, 6.45) is 2.34. The predicted molar refractivity (Wildman–Crippen MR) is 126 cm³/mol. The van der Waals surface area contributed by atoms with Crippen molar-refractivity contribution in [2.45, 2.75) is 33.7 Å². The third kappa shape index (κ3) is 4.44. The number of carbonyl (C=O) groups is 1. The molecular weight excluding hydrogens is 410 g/mol. The number of hydrogen-bond donors (Lipinski definition) is 2. The number of amidine groups is 1. The number of thiophene rings is 1. The average Bonchev–Trinajstić information content (AvgIpc) is 3.41. The van der Waals surface area contributed by atoms with Gasteiger partial charge in [-0.05, 0) is 35.2 Å². The molecule has 1 aliphatic rings. The molecule has 4 rings (SSSR count). The van der Waals surface area contributed by atoms with Crippen LogP contribution in [0.15, 0.2) is 52.1 Å². The molecule has 2 N–H and O–H groups in total. The van der Waals surface area contributed by atoms with Crippen molar-refractivity contribution in [2.75, 3.05) is 12.4 Å². The molecule has 1 aliphatic heterocycles. The molecule has 0 spiro atoms. The van der Waals surface area contributed by atoms with Gasteiger partial charge < -0.3 is 15.4 Å². The molecule has 0 saturated carbocycles. The van der Waals surface area contributed by atoms with Crippen molar-refractivity contribution < 1.29 is 9.53 Å². The van der Waals surface area contributed by atoms with Crippen LogP contribution in [-0.2, 0) is 6.54 Å². The number of nitrogens with one attached hydrogen (secondary N) is 2. The fourth-order valence-electron chi connectivity index (χ4n) is 3.40. The van der Waals surface area contributed by atoms with Crippen LogP contribution in [0.2, 0.25) is 0 Å². The van der Waals surface area contributed by atoms with Gasteiger partial charge in [-0.2, -0.15) is 5.10 Å². The lowest BCUT2D eigenvalue weighted by molar-refractivity contribution is 0.0981. The van der Waals surface area contributed by atoms with Crippen LogP contribution in [-0.4, -0.2) is 29.5 Å². The van der Waals surface area contributed by atoms with E-state index in [4.69, 9.17) is 4.74 Å². The normalized spacial score (nSPS) is 13.7. The maximum atomic E-state index is 12.9. The van der Waals surface area contributed by atoms with Gasteiger partial charge in [0, 0.05) is 30.0 Å². The van der Waals surface area contributed by atoms with E-state index in [1.54, 1.807) is 13.3 Å². The van der Waals surface area contributed by atoms with Crippen molar-refractivity contribution in [1.29, 1.82) is 0 Å². The molecule has 0 radical (unpaired) electrons. The van der Waals surface area contributed by atoms with Crippen LogP contribution in [0.1, 0.15) is 42.4 Å². The van der Waals surface area contributed by atoms with Crippen molar-refractivity contribution >= 4 is 45.4 Å². The number of nitrogens with zero attached hydrogens (tertiary/aromatic N) is 3. The second-order valence-electron chi connectivity index (χ2n) is 8.32. The van der Waals surface area contributed by atoms with Gasteiger partial charge in [-0.15, -0.1) is 16.4 Å². The van der Waals surface area contributed by atoms with E-state index in [-0.39, 0.29) is 11.3 Å². The quantitative estimate of drug-likeness (QED) is 0.600. The van der Waals surface area contributed by atoms with Gasteiger partial charge in [0.1, 0.15) is 16.5 Å². The number of methoxy groups -OCH3 is 1. The molecule has 0 atom stereocenters. The van der Waals surface area contributed by atoms with Gasteiger partial charge in [0.2, 0.25) is 0 Å². The van der Waals surface area contributed by atoms with Crippen molar-refractivity contribution in [3.8, 4) is 5.75 Å². The van der Waals surface area contributed by atoms with Gasteiger partial charge in [0.15, 0.2) is 0 Å².